The van der Waals surface area contributed by atoms with Gasteiger partial charge in [0, 0.05) is 6.54 Å². The van der Waals surface area contributed by atoms with Crippen LogP contribution in [-0.4, -0.2) is 46.9 Å². The van der Waals surface area contributed by atoms with Gasteiger partial charge < -0.3 is 24.2 Å². The Kier molecular flexibility index (Phi) is 2.60. The largest absolute Gasteiger partial charge is 0.481 e. The molecule has 2 bridgehead atoms. The van der Waals surface area contributed by atoms with Crippen molar-refractivity contribution in [1.29, 1.82) is 0 Å². The lowest BCUT2D eigenvalue weighted by atomic mass is 9.77. The molecular formula is C17H15NO6. The van der Waals surface area contributed by atoms with E-state index in [4.69, 9.17) is 14.2 Å². The van der Waals surface area contributed by atoms with Crippen LogP contribution in [0.3, 0.4) is 0 Å². The lowest BCUT2D eigenvalue weighted by molar-refractivity contribution is -0.148. The third-order valence-electron chi connectivity index (χ3n) is 5.27. The highest BCUT2D eigenvalue weighted by atomic mass is 16.7. The van der Waals surface area contributed by atoms with E-state index in [1.165, 1.54) is 0 Å². The second-order valence-corrected chi connectivity index (χ2v) is 6.62. The number of carbonyl (C=O) groups excluding carboxylic acids is 1. The standard InChI is InChI=1S/C17H15NO6/c19-15-14-13(16(20)21)11-3-4-17(14,24-11)7-18(15)6-9-1-2-10-12(5-9)23-8-22-10/h1-5,11,13-14H,6-8H2,(H,20,21)/t11-,13?,14?,17-/m1/s1. The highest BCUT2D eigenvalue weighted by Gasteiger charge is 2.66. The minimum Gasteiger partial charge on any atom is -0.481 e. The fourth-order valence-electron chi connectivity index (χ4n) is 4.25. The average molecular weight is 329 g/mol. The number of aliphatic carboxylic acids is 1. The van der Waals surface area contributed by atoms with Crippen LogP contribution in [0.1, 0.15) is 5.56 Å². The van der Waals surface area contributed by atoms with Crippen molar-refractivity contribution >= 4 is 11.9 Å². The van der Waals surface area contributed by atoms with Crippen molar-refractivity contribution in [3.8, 4) is 11.5 Å². The maximum absolute atomic E-state index is 12.8. The molecule has 1 aromatic carbocycles. The third-order valence-corrected chi connectivity index (χ3v) is 5.27. The number of amides is 1. The molecule has 1 spiro atoms. The van der Waals surface area contributed by atoms with Crippen LogP contribution in [0.5, 0.6) is 11.5 Å². The van der Waals surface area contributed by atoms with E-state index >= 15 is 0 Å². The number of fused-ring (bicyclic) bond motifs is 2. The van der Waals surface area contributed by atoms with E-state index < -0.39 is 29.5 Å². The van der Waals surface area contributed by atoms with Crippen LogP contribution in [0.2, 0.25) is 0 Å². The van der Waals surface area contributed by atoms with Gasteiger partial charge in [-0.25, -0.2) is 0 Å². The molecule has 5 rings (SSSR count). The molecule has 24 heavy (non-hydrogen) atoms. The zero-order valence-electron chi connectivity index (χ0n) is 12.7. The second kappa shape index (κ2) is 4.51. The van der Waals surface area contributed by atoms with E-state index in [1.54, 1.807) is 11.0 Å². The fourth-order valence-corrected chi connectivity index (χ4v) is 4.25. The molecule has 0 radical (unpaired) electrons. The summed E-state index contributed by atoms with van der Waals surface area (Å²) in [4.78, 5) is 26.0. The van der Waals surface area contributed by atoms with Gasteiger partial charge in [0.15, 0.2) is 11.5 Å². The van der Waals surface area contributed by atoms with Gasteiger partial charge >= 0.3 is 5.97 Å². The summed E-state index contributed by atoms with van der Waals surface area (Å²) >= 11 is 0. The highest BCUT2D eigenvalue weighted by molar-refractivity contribution is 5.90. The molecule has 4 aliphatic rings. The highest BCUT2D eigenvalue weighted by Crippen LogP contribution is 2.52. The maximum Gasteiger partial charge on any atom is 0.310 e. The van der Waals surface area contributed by atoms with Gasteiger partial charge in [-0.1, -0.05) is 18.2 Å². The third kappa shape index (κ3) is 1.70. The quantitative estimate of drug-likeness (QED) is 0.825. The van der Waals surface area contributed by atoms with E-state index in [-0.39, 0.29) is 12.7 Å². The number of likely N-dealkylation sites (tertiary alicyclic amines) is 1. The minimum atomic E-state index is -0.977. The van der Waals surface area contributed by atoms with Crippen LogP contribution in [0, 0.1) is 11.8 Å². The fraction of sp³-hybridized carbons (Fsp3) is 0.412. The van der Waals surface area contributed by atoms with Crippen molar-refractivity contribution in [2.75, 3.05) is 13.3 Å². The molecule has 2 unspecified atom stereocenters. The summed E-state index contributed by atoms with van der Waals surface area (Å²) in [5.74, 6) is -1.22. The molecule has 0 saturated carbocycles. The SMILES string of the molecule is O=C(O)C1C2C(=O)N(Cc3ccc4c(c3)OCO4)C[C@]23C=C[C@H]1O3. The number of nitrogens with zero attached hydrogens (tertiary/aromatic N) is 1. The molecule has 0 aliphatic carbocycles. The van der Waals surface area contributed by atoms with Crippen LogP contribution < -0.4 is 9.47 Å². The van der Waals surface area contributed by atoms with Gasteiger partial charge in [0.05, 0.1) is 18.6 Å². The lowest BCUT2D eigenvalue weighted by Gasteiger charge is -2.21. The van der Waals surface area contributed by atoms with Crippen molar-refractivity contribution in [1.82, 2.24) is 4.90 Å². The zero-order chi connectivity index (χ0) is 16.5. The summed E-state index contributed by atoms with van der Waals surface area (Å²) in [7, 11) is 0. The number of rotatable bonds is 3. The molecule has 7 nitrogen and oxygen atoms in total. The topological polar surface area (TPSA) is 85.3 Å². The number of hydrogen-bond acceptors (Lipinski definition) is 5. The number of carboxylic acid groups (broad SMARTS) is 1. The summed E-state index contributed by atoms with van der Waals surface area (Å²) in [5, 5.41) is 9.46. The average Bonchev–Trinajstić information content (AvgIpc) is 3.28. The summed E-state index contributed by atoms with van der Waals surface area (Å²) in [5.41, 5.74) is 0.121. The first-order valence-electron chi connectivity index (χ1n) is 7.85. The Bertz CT molecular complexity index is 789. The molecule has 0 aromatic heterocycles. The Labute approximate surface area is 137 Å². The van der Waals surface area contributed by atoms with Crippen LogP contribution in [0.25, 0.3) is 0 Å². The van der Waals surface area contributed by atoms with Crippen molar-refractivity contribution in [2.24, 2.45) is 11.8 Å². The second-order valence-electron chi connectivity index (χ2n) is 6.62. The summed E-state index contributed by atoms with van der Waals surface area (Å²) in [6.45, 7) is 0.969. The predicted octanol–water partition coefficient (Wildman–Crippen LogP) is 0.782. The molecule has 4 aliphatic heterocycles. The maximum atomic E-state index is 12.8. The first-order chi connectivity index (χ1) is 11.6. The van der Waals surface area contributed by atoms with Crippen LogP contribution in [-0.2, 0) is 20.9 Å². The Balaban J connectivity index is 1.42. The molecule has 2 saturated heterocycles. The van der Waals surface area contributed by atoms with Crippen molar-refractivity contribution in [2.45, 2.75) is 18.2 Å². The number of benzene rings is 1. The monoisotopic (exact) mass is 329 g/mol. The normalized spacial score (nSPS) is 34.9. The first kappa shape index (κ1) is 13.9. The van der Waals surface area contributed by atoms with Gasteiger partial charge in [0.1, 0.15) is 11.5 Å². The zero-order valence-corrected chi connectivity index (χ0v) is 12.7. The molecule has 4 heterocycles. The van der Waals surface area contributed by atoms with E-state index in [1.807, 2.05) is 24.3 Å². The predicted molar refractivity (Wildman–Crippen MR) is 79.3 cm³/mol. The number of carbonyl (C=O) groups is 2. The number of ether oxygens (including phenoxy) is 3. The molecule has 2 fully saturated rings. The van der Waals surface area contributed by atoms with Crippen molar-refractivity contribution in [3.05, 3.63) is 35.9 Å². The summed E-state index contributed by atoms with van der Waals surface area (Å²) < 4.78 is 16.5. The van der Waals surface area contributed by atoms with Gasteiger partial charge in [0.2, 0.25) is 12.7 Å². The number of carboxylic acids is 1. The lowest BCUT2D eigenvalue weighted by Crippen LogP contribution is -2.39. The first-order valence-corrected chi connectivity index (χ1v) is 7.85. The van der Waals surface area contributed by atoms with E-state index in [0.717, 1.165) is 5.56 Å². The van der Waals surface area contributed by atoms with E-state index in [0.29, 0.717) is 24.6 Å². The van der Waals surface area contributed by atoms with Crippen LogP contribution in [0.4, 0.5) is 0 Å². The van der Waals surface area contributed by atoms with Gasteiger partial charge in [-0.3, -0.25) is 9.59 Å². The van der Waals surface area contributed by atoms with Crippen LogP contribution >= 0.6 is 0 Å². The Hall–Kier alpha value is -2.54. The minimum absolute atomic E-state index is 0.160. The van der Waals surface area contributed by atoms with Gasteiger partial charge in [-0.15, -0.1) is 0 Å². The van der Waals surface area contributed by atoms with Gasteiger partial charge in [-0.05, 0) is 17.7 Å². The molecule has 1 aromatic rings. The molecule has 4 atom stereocenters. The van der Waals surface area contributed by atoms with Crippen molar-refractivity contribution < 1.29 is 28.9 Å². The van der Waals surface area contributed by atoms with Crippen molar-refractivity contribution in [3.63, 3.8) is 0 Å². The molecular weight excluding hydrogens is 314 g/mol. The summed E-state index contributed by atoms with van der Waals surface area (Å²) in [6, 6.07) is 5.55. The number of hydrogen-bond donors (Lipinski definition) is 1. The van der Waals surface area contributed by atoms with Crippen LogP contribution in [0.15, 0.2) is 30.4 Å². The van der Waals surface area contributed by atoms with E-state index in [2.05, 4.69) is 0 Å². The smallest absolute Gasteiger partial charge is 0.310 e. The Morgan fingerprint density at radius 3 is 3.00 bits per heavy atom. The summed E-state index contributed by atoms with van der Waals surface area (Å²) in [6.07, 6.45) is 3.13. The Morgan fingerprint density at radius 2 is 2.17 bits per heavy atom. The van der Waals surface area contributed by atoms with Gasteiger partial charge in [0.25, 0.3) is 0 Å². The Morgan fingerprint density at radius 1 is 1.33 bits per heavy atom. The van der Waals surface area contributed by atoms with Gasteiger partial charge in [-0.2, -0.15) is 0 Å². The van der Waals surface area contributed by atoms with E-state index in [9.17, 15) is 14.7 Å². The molecule has 124 valence electrons. The molecule has 1 N–H and O–H groups in total. The molecule has 1 amide bonds. The molecule has 7 heteroatoms.